The Morgan fingerprint density at radius 2 is 1.61 bits per heavy atom. The number of halogens is 6. The number of carbonyl (C=O) groups is 2. The summed E-state index contributed by atoms with van der Waals surface area (Å²) >= 11 is 0. The molecular formula is C25H26F6N2O5. The second kappa shape index (κ2) is 11.0. The number of rotatable bonds is 5. The van der Waals surface area contributed by atoms with Crippen LogP contribution in [0.4, 0.5) is 41.6 Å². The standard InChI is InChI=1S/C25H26F6N2O5/c1-5-38-23(35)33-14(2)8-21(19-12-18(36-3)6-7-20(19)33)32(22(34)37-4)13-15-9-16(24(26,27)28)11-17(10-15)25(29,30)31/h6-7,9-12,14,21H,5,8,13H2,1-4H3/t14-,21+/m0/s1. The monoisotopic (exact) mass is 548 g/mol. The fourth-order valence-corrected chi connectivity index (χ4v) is 4.43. The quantitative estimate of drug-likeness (QED) is 0.385. The SMILES string of the molecule is CCOC(=O)N1c2ccc(OC)cc2[C@H](N(Cc2cc(C(F)(F)F)cc(C(F)(F)F)c2)C(=O)OC)C[C@@H]1C. The second-order valence-electron chi connectivity index (χ2n) is 8.61. The van der Waals surface area contributed by atoms with Crippen LogP contribution in [0, 0.1) is 0 Å². The van der Waals surface area contributed by atoms with E-state index in [1.54, 1.807) is 32.0 Å². The Hall–Kier alpha value is -3.64. The number of methoxy groups -OCH3 is 2. The van der Waals surface area contributed by atoms with Crippen molar-refractivity contribution in [3.05, 3.63) is 58.7 Å². The van der Waals surface area contributed by atoms with Gasteiger partial charge in [0, 0.05) is 18.2 Å². The summed E-state index contributed by atoms with van der Waals surface area (Å²) in [4.78, 5) is 28.0. The minimum atomic E-state index is -5.05. The summed E-state index contributed by atoms with van der Waals surface area (Å²) in [5.41, 5.74) is -2.67. The van der Waals surface area contributed by atoms with Crippen molar-refractivity contribution < 1.29 is 50.1 Å². The van der Waals surface area contributed by atoms with Gasteiger partial charge in [0.1, 0.15) is 5.75 Å². The van der Waals surface area contributed by atoms with E-state index in [1.807, 2.05) is 0 Å². The number of anilines is 1. The maximum atomic E-state index is 13.4. The molecule has 1 aliphatic heterocycles. The molecule has 1 heterocycles. The van der Waals surface area contributed by atoms with Crippen LogP contribution >= 0.6 is 0 Å². The number of fused-ring (bicyclic) bond motifs is 1. The first-order chi connectivity index (χ1) is 17.7. The third-order valence-electron chi connectivity index (χ3n) is 6.11. The summed E-state index contributed by atoms with van der Waals surface area (Å²) in [5, 5.41) is 0. The molecule has 0 saturated heterocycles. The van der Waals surface area contributed by atoms with E-state index in [9.17, 15) is 35.9 Å². The number of hydrogen-bond donors (Lipinski definition) is 0. The highest BCUT2D eigenvalue weighted by atomic mass is 19.4. The van der Waals surface area contributed by atoms with Gasteiger partial charge in [-0.3, -0.25) is 9.80 Å². The highest BCUT2D eigenvalue weighted by Crippen LogP contribution is 2.44. The van der Waals surface area contributed by atoms with Crippen molar-refractivity contribution in [1.29, 1.82) is 0 Å². The van der Waals surface area contributed by atoms with Gasteiger partial charge in [0.15, 0.2) is 0 Å². The maximum Gasteiger partial charge on any atom is 0.416 e. The van der Waals surface area contributed by atoms with E-state index in [-0.39, 0.29) is 19.1 Å². The average molecular weight is 548 g/mol. The van der Waals surface area contributed by atoms with Gasteiger partial charge in [-0.1, -0.05) is 0 Å². The van der Waals surface area contributed by atoms with Crippen molar-refractivity contribution in [2.45, 2.75) is 51.2 Å². The molecule has 38 heavy (non-hydrogen) atoms. The molecular weight excluding hydrogens is 522 g/mol. The zero-order chi connectivity index (χ0) is 28.4. The van der Waals surface area contributed by atoms with Gasteiger partial charge in [-0.15, -0.1) is 0 Å². The highest BCUT2D eigenvalue weighted by molar-refractivity contribution is 5.90. The van der Waals surface area contributed by atoms with Crippen molar-refractivity contribution in [2.24, 2.45) is 0 Å². The van der Waals surface area contributed by atoms with Crippen LogP contribution in [-0.2, 0) is 28.4 Å². The van der Waals surface area contributed by atoms with Gasteiger partial charge in [-0.2, -0.15) is 26.3 Å². The number of nitrogens with zero attached hydrogens (tertiary/aromatic N) is 2. The summed E-state index contributed by atoms with van der Waals surface area (Å²) in [6, 6.07) is 4.38. The van der Waals surface area contributed by atoms with Crippen LogP contribution in [0.3, 0.4) is 0 Å². The van der Waals surface area contributed by atoms with Crippen molar-refractivity contribution in [3.63, 3.8) is 0 Å². The van der Waals surface area contributed by atoms with Crippen LogP contribution in [0.2, 0.25) is 0 Å². The lowest BCUT2D eigenvalue weighted by Gasteiger charge is -2.42. The van der Waals surface area contributed by atoms with Crippen molar-refractivity contribution in [2.75, 3.05) is 25.7 Å². The van der Waals surface area contributed by atoms with Gasteiger partial charge >= 0.3 is 24.5 Å². The molecule has 0 radical (unpaired) electrons. The van der Waals surface area contributed by atoms with E-state index in [1.165, 1.54) is 12.0 Å². The smallest absolute Gasteiger partial charge is 0.416 e. The molecule has 0 unspecified atom stereocenters. The fourth-order valence-electron chi connectivity index (χ4n) is 4.43. The van der Waals surface area contributed by atoms with Crippen LogP contribution in [0.15, 0.2) is 36.4 Å². The Bertz CT molecular complexity index is 1150. The molecule has 2 atom stereocenters. The van der Waals surface area contributed by atoms with Crippen LogP contribution in [0.1, 0.15) is 48.6 Å². The number of carbonyl (C=O) groups excluding carboxylic acids is 2. The Morgan fingerprint density at radius 1 is 1.00 bits per heavy atom. The first-order valence-electron chi connectivity index (χ1n) is 11.5. The normalized spacial score (nSPS) is 17.5. The largest absolute Gasteiger partial charge is 0.497 e. The van der Waals surface area contributed by atoms with E-state index in [0.29, 0.717) is 29.1 Å². The van der Waals surface area contributed by atoms with Crippen molar-refractivity contribution in [3.8, 4) is 5.75 Å². The first kappa shape index (κ1) is 28.9. The predicted octanol–water partition coefficient (Wildman–Crippen LogP) is 6.80. The maximum absolute atomic E-state index is 13.4. The molecule has 2 aromatic carbocycles. The molecule has 208 valence electrons. The van der Waals surface area contributed by atoms with Crippen LogP contribution in [0.5, 0.6) is 5.75 Å². The summed E-state index contributed by atoms with van der Waals surface area (Å²) in [6.45, 7) is 2.78. The van der Waals surface area contributed by atoms with Crippen molar-refractivity contribution >= 4 is 17.9 Å². The molecule has 2 amide bonds. The van der Waals surface area contributed by atoms with E-state index >= 15 is 0 Å². The van der Waals surface area contributed by atoms with Gasteiger partial charge in [-0.05, 0) is 62.2 Å². The highest BCUT2D eigenvalue weighted by Gasteiger charge is 2.41. The van der Waals surface area contributed by atoms with E-state index in [0.717, 1.165) is 12.0 Å². The fraction of sp³-hybridized carbons (Fsp3) is 0.440. The zero-order valence-corrected chi connectivity index (χ0v) is 20.9. The van der Waals surface area contributed by atoms with Gasteiger partial charge in [0.25, 0.3) is 0 Å². The van der Waals surface area contributed by atoms with Crippen LogP contribution in [-0.4, -0.2) is 44.0 Å². The number of benzene rings is 2. The molecule has 0 bridgehead atoms. The second-order valence-corrected chi connectivity index (χ2v) is 8.61. The summed E-state index contributed by atoms with van der Waals surface area (Å²) < 4.78 is 95.9. The van der Waals surface area contributed by atoms with Crippen LogP contribution < -0.4 is 9.64 Å². The average Bonchev–Trinajstić information content (AvgIpc) is 2.85. The Kier molecular flexibility index (Phi) is 8.37. The zero-order valence-electron chi connectivity index (χ0n) is 20.9. The van der Waals surface area contributed by atoms with Gasteiger partial charge in [-0.25, -0.2) is 9.59 Å². The molecule has 1 aliphatic rings. The summed E-state index contributed by atoms with van der Waals surface area (Å²) in [5.74, 6) is 0.357. The first-order valence-corrected chi connectivity index (χ1v) is 11.5. The number of hydrogen-bond acceptors (Lipinski definition) is 5. The Labute approximate surface area is 214 Å². The molecule has 7 nitrogen and oxygen atoms in total. The third kappa shape index (κ3) is 6.08. The minimum Gasteiger partial charge on any atom is -0.497 e. The summed E-state index contributed by atoms with van der Waals surface area (Å²) in [6.07, 6.45) is -11.6. The lowest BCUT2D eigenvalue weighted by molar-refractivity contribution is -0.143. The third-order valence-corrected chi connectivity index (χ3v) is 6.11. The van der Waals surface area contributed by atoms with Crippen molar-refractivity contribution in [1.82, 2.24) is 4.90 Å². The molecule has 2 aromatic rings. The molecule has 3 rings (SSSR count). The molecule has 0 aliphatic carbocycles. The number of alkyl halides is 6. The lowest BCUT2D eigenvalue weighted by atomic mass is 9.90. The van der Waals surface area contributed by atoms with Gasteiger partial charge in [0.2, 0.25) is 0 Å². The lowest BCUT2D eigenvalue weighted by Crippen LogP contribution is -2.47. The number of ether oxygens (including phenoxy) is 3. The molecule has 0 saturated carbocycles. The van der Waals surface area contributed by atoms with Crippen LogP contribution in [0.25, 0.3) is 0 Å². The molecule has 13 heteroatoms. The van der Waals surface area contributed by atoms with Gasteiger partial charge < -0.3 is 14.2 Å². The number of amides is 2. The molecule has 0 fully saturated rings. The topological polar surface area (TPSA) is 68.3 Å². The van der Waals surface area contributed by atoms with E-state index in [4.69, 9.17) is 14.2 Å². The van der Waals surface area contributed by atoms with Gasteiger partial charge in [0.05, 0.1) is 43.7 Å². The van der Waals surface area contributed by atoms with E-state index in [2.05, 4.69) is 0 Å². The predicted molar refractivity (Wildman–Crippen MR) is 124 cm³/mol. The minimum absolute atomic E-state index is 0.0199. The Morgan fingerprint density at radius 3 is 2.11 bits per heavy atom. The molecule has 0 spiro atoms. The molecule has 0 N–H and O–H groups in total. The molecule has 0 aromatic heterocycles. The van der Waals surface area contributed by atoms with E-state index < -0.39 is 59.9 Å². The Balaban J connectivity index is 2.15. The summed E-state index contributed by atoms with van der Waals surface area (Å²) in [7, 11) is 2.44.